The Hall–Kier alpha value is -2.61. The van der Waals surface area contributed by atoms with Crippen molar-refractivity contribution in [2.24, 2.45) is 0 Å². The Morgan fingerprint density at radius 3 is 1.86 bits per heavy atom. The summed E-state index contributed by atoms with van der Waals surface area (Å²) in [5.41, 5.74) is 4.51. The van der Waals surface area contributed by atoms with Crippen molar-refractivity contribution in [2.75, 3.05) is 39.8 Å². The Morgan fingerprint density at radius 2 is 1.34 bits per heavy atom. The van der Waals surface area contributed by atoms with Crippen LogP contribution >= 0.6 is 0 Å². The number of carbonyl (C=O) groups excluding carboxylic acids is 1. The Balaban J connectivity index is 1.52. The summed E-state index contributed by atoms with van der Waals surface area (Å²) in [6.07, 6.45) is 0.938. The second-order valence-electron chi connectivity index (χ2n) is 7.54. The molecule has 1 amide bonds. The fraction of sp³-hybridized carbons (Fsp3) is 0.409. The van der Waals surface area contributed by atoms with Gasteiger partial charge in [0.05, 0.1) is 19.3 Å². The zero-order chi connectivity index (χ0) is 19.6. The number of ether oxygens (including phenoxy) is 4. The fourth-order valence-corrected chi connectivity index (χ4v) is 4.27. The van der Waals surface area contributed by atoms with Crippen molar-refractivity contribution in [3.63, 3.8) is 0 Å². The zero-order valence-electron chi connectivity index (χ0n) is 16.2. The lowest BCUT2D eigenvalue weighted by Crippen LogP contribution is -2.47. The molecule has 1 saturated heterocycles. The number of hydrogen-bond donors (Lipinski definition) is 0. The molecule has 7 heteroatoms. The van der Waals surface area contributed by atoms with Crippen LogP contribution in [0.1, 0.15) is 28.3 Å². The number of hydrogen-bond acceptors (Lipinski definition) is 6. The highest BCUT2D eigenvalue weighted by Crippen LogP contribution is 2.36. The van der Waals surface area contributed by atoms with Crippen LogP contribution in [0.15, 0.2) is 36.4 Å². The molecule has 5 rings (SSSR count). The van der Waals surface area contributed by atoms with E-state index in [9.17, 15) is 4.79 Å². The van der Waals surface area contributed by atoms with Crippen LogP contribution in [0.25, 0.3) is 0 Å². The highest BCUT2D eigenvalue weighted by atomic mass is 16.7. The van der Waals surface area contributed by atoms with Gasteiger partial charge >= 0.3 is 0 Å². The first kappa shape index (κ1) is 18.4. The van der Waals surface area contributed by atoms with Crippen LogP contribution < -0.4 is 9.47 Å². The minimum absolute atomic E-state index is 0.0725. The van der Waals surface area contributed by atoms with Crippen molar-refractivity contribution < 1.29 is 23.7 Å². The number of amides is 1. The Labute approximate surface area is 169 Å². The minimum atomic E-state index is 0.0725. The normalized spacial score (nSPS) is 19.1. The second-order valence-corrected chi connectivity index (χ2v) is 7.54. The van der Waals surface area contributed by atoms with E-state index in [1.54, 1.807) is 0 Å². The molecule has 0 unspecified atom stereocenters. The summed E-state index contributed by atoms with van der Waals surface area (Å²) in [6.45, 7) is 4.81. The third-order valence-corrected chi connectivity index (χ3v) is 5.77. The Kier molecular flexibility index (Phi) is 5.10. The summed E-state index contributed by atoms with van der Waals surface area (Å²) in [5, 5.41) is 0. The average Bonchev–Trinajstić information content (AvgIpc) is 2.79. The molecule has 29 heavy (non-hydrogen) atoms. The van der Waals surface area contributed by atoms with Crippen molar-refractivity contribution in [3.05, 3.63) is 58.7 Å². The molecule has 0 atom stereocenters. The van der Waals surface area contributed by atoms with Crippen molar-refractivity contribution >= 4 is 6.41 Å². The molecule has 0 spiro atoms. The van der Waals surface area contributed by atoms with Crippen LogP contribution in [0.5, 0.6) is 11.5 Å². The van der Waals surface area contributed by atoms with E-state index in [0.717, 1.165) is 55.2 Å². The van der Waals surface area contributed by atoms with Crippen LogP contribution in [-0.2, 0) is 27.5 Å². The quantitative estimate of drug-likeness (QED) is 0.739. The smallest absolute Gasteiger partial charge is 0.209 e. The van der Waals surface area contributed by atoms with E-state index in [1.807, 2.05) is 17.0 Å². The molecular weight excluding hydrogens is 372 g/mol. The van der Waals surface area contributed by atoms with Gasteiger partial charge in [0.25, 0.3) is 0 Å². The highest BCUT2D eigenvalue weighted by molar-refractivity contribution is 5.48. The van der Waals surface area contributed by atoms with Crippen LogP contribution in [0.4, 0.5) is 0 Å². The number of piperazine rings is 1. The summed E-state index contributed by atoms with van der Waals surface area (Å²) in [5.74, 6) is 1.77. The van der Waals surface area contributed by atoms with Gasteiger partial charge in [0.1, 0.15) is 11.5 Å². The average molecular weight is 396 g/mol. The summed E-state index contributed by atoms with van der Waals surface area (Å²) >= 11 is 0. The Bertz CT molecular complexity index is 835. The molecule has 0 aromatic heterocycles. The molecule has 0 radical (unpaired) electrons. The zero-order valence-corrected chi connectivity index (χ0v) is 16.2. The standard InChI is InChI=1S/C22H24N2O5/c25-13-23-5-7-24(8-6-23)22(16-1-3-20-18(9-16)11-26-14-28-20)17-2-4-21-19(10-17)12-27-15-29-21/h1-4,9-10,13,22H,5-8,11-12,14-15H2. The molecule has 3 aliphatic rings. The van der Waals surface area contributed by atoms with Crippen molar-refractivity contribution in [3.8, 4) is 11.5 Å². The van der Waals surface area contributed by atoms with Crippen molar-refractivity contribution in [2.45, 2.75) is 19.3 Å². The van der Waals surface area contributed by atoms with Gasteiger partial charge in [-0.1, -0.05) is 12.1 Å². The first-order valence-electron chi connectivity index (χ1n) is 9.92. The van der Waals surface area contributed by atoms with Crippen molar-refractivity contribution in [1.82, 2.24) is 9.80 Å². The third kappa shape index (κ3) is 3.69. The molecule has 0 aliphatic carbocycles. The maximum atomic E-state index is 11.1. The van der Waals surface area contributed by atoms with Crippen LogP contribution in [0.2, 0.25) is 0 Å². The molecule has 3 aliphatic heterocycles. The SMILES string of the molecule is O=CN1CCN(C(c2ccc3c(c2)COCO3)c2ccc3c(c2)COCO3)CC1. The molecule has 2 aromatic rings. The van der Waals surface area contributed by atoms with E-state index in [1.165, 1.54) is 11.1 Å². The molecule has 0 bridgehead atoms. The van der Waals surface area contributed by atoms with Gasteiger partial charge in [-0.25, -0.2) is 0 Å². The topological polar surface area (TPSA) is 60.5 Å². The van der Waals surface area contributed by atoms with E-state index in [4.69, 9.17) is 18.9 Å². The molecule has 0 saturated carbocycles. The van der Waals surface area contributed by atoms with E-state index in [-0.39, 0.29) is 6.04 Å². The van der Waals surface area contributed by atoms with Crippen molar-refractivity contribution in [1.29, 1.82) is 0 Å². The van der Waals surface area contributed by atoms with Crippen LogP contribution in [-0.4, -0.2) is 56.0 Å². The largest absolute Gasteiger partial charge is 0.467 e. The first-order valence-corrected chi connectivity index (χ1v) is 9.92. The second kappa shape index (κ2) is 8.02. The first-order chi connectivity index (χ1) is 14.3. The highest BCUT2D eigenvalue weighted by Gasteiger charge is 2.28. The van der Waals surface area contributed by atoms with Gasteiger partial charge in [0.15, 0.2) is 13.6 Å². The number of benzene rings is 2. The molecule has 152 valence electrons. The van der Waals surface area contributed by atoms with Crippen LogP contribution in [0, 0.1) is 0 Å². The molecule has 0 N–H and O–H groups in total. The molecular formula is C22H24N2O5. The van der Waals surface area contributed by atoms with E-state index in [2.05, 4.69) is 29.2 Å². The maximum Gasteiger partial charge on any atom is 0.209 e. The van der Waals surface area contributed by atoms with Gasteiger partial charge in [-0.3, -0.25) is 9.69 Å². The van der Waals surface area contributed by atoms with Gasteiger partial charge in [-0.2, -0.15) is 0 Å². The monoisotopic (exact) mass is 396 g/mol. The van der Waals surface area contributed by atoms with E-state index < -0.39 is 0 Å². The molecule has 1 fully saturated rings. The predicted octanol–water partition coefficient (Wildman–Crippen LogP) is 2.28. The fourth-order valence-electron chi connectivity index (χ4n) is 4.27. The van der Waals surface area contributed by atoms with E-state index in [0.29, 0.717) is 26.8 Å². The number of carbonyl (C=O) groups is 1. The molecule has 3 heterocycles. The Morgan fingerprint density at radius 1 is 0.793 bits per heavy atom. The number of rotatable bonds is 4. The van der Waals surface area contributed by atoms with Crippen LogP contribution in [0.3, 0.4) is 0 Å². The van der Waals surface area contributed by atoms with Gasteiger partial charge in [0, 0.05) is 37.3 Å². The predicted molar refractivity (Wildman–Crippen MR) is 105 cm³/mol. The van der Waals surface area contributed by atoms with E-state index >= 15 is 0 Å². The summed E-state index contributed by atoms with van der Waals surface area (Å²) in [7, 11) is 0. The summed E-state index contributed by atoms with van der Waals surface area (Å²) in [4.78, 5) is 15.4. The van der Waals surface area contributed by atoms with Gasteiger partial charge in [-0.05, 0) is 35.4 Å². The minimum Gasteiger partial charge on any atom is -0.467 e. The van der Waals surface area contributed by atoms with Gasteiger partial charge in [0.2, 0.25) is 6.41 Å². The maximum absolute atomic E-state index is 11.1. The lowest BCUT2D eigenvalue weighted by atomic mass is 9.93. The molecule has 2 aromatic carbocycles. The summed E-state index contributed by atoms with van der Waals surface area (Å²) < 4.78 is 22.1. The third-order valence-electron chi connectivity index (χ3n) is 5.77. The summed E-state index contributed by atoms with van der Waals surface area (Å²) in [6, 6.07) is 12.8. The number of nitrogens with zero attached hydrogens (tertiary/aromatic N) is 2. The lowest BCUT2D eigenvalue weighted by Gasteiger charge is -2.39. The van der Waals surface area contributed by atoms with Gasteiger partial charge < -0.3 is 23.8 Å². The molecule has 7 nitrogen and oxygen atoms in total. The lowest BCUT2D eigenvalue weighted by molar-refractivity contribution is -0.119. The van der Waals surface area contributed by atoms with Gasteiger partial charge in [-0.15, -0.1) is 0 Å². The number of fused-ring (bicyclic) bond motifs is 2.